The van der Waals surface area contributed by atoms with Crippen molar-refractivity contribution in [1.29, 1.82) is 0 Å². The molecule has 7 heteroatoms. The molecule has 1 N–H and O–H groups in total. The van der Waals surface area contributed by atoms with Crippen molar-refractivity contribution < 1.29 is 8.42 Å². The van der Waals surface area contributed by atoms with Crippen LogP contribution in [0.3, 0.4) is 0 Å². The molecule has 0 atom stereocenters. The lowest BCUT2D eigenvalue weighted by atomic mass is 10.3. The minimum Gasteiger partial charge on any atom is -0.354 e. The first-order chi connectivity index (χ1) is 7.99. The summed E-state index contributed by atoms with van der Waals surface area (Å²) in [4.78, 5) is 2.46. The summed E-state index contributed by atoms with van der Waals surface area (Å²) in [5.41, 5.74) is 0.785. The molecule has 17 heavy (non-hydrogen) atoms. The number of fused-ring (bicyclic) bond motifs is 1. The van der Waals surface area contributed by atoms with Crippen molar-refractivity contribution in [3.63, 3.8) is 0 Å². The molecule has 0 spiro atoms. The van der Waals surface area contributed by atoms with Crippen LogP contribution < -0.4 is 9.62 Å². The Balaban J connectivity index is 2.24. The van der Waals surface area contributed by atoms with E-state index in [0.717, 1.165) is 23.0 Å². The van der Waals surface area contributed by atoms with Crippen LogP contribution in [0.25, 0.3) is 0 Å². The number of nitrogens with one attached hydrogen (secondary N) is 1. The van der Waals surface area contributed by atoms with Gasteiger partial charge in [0.05, 0.1) is 12.4 Å². The Morgan fingerprint density at radius 2 is 2.00 bits per heavy atom. The Bertz CT molecular complexity index is 584. The number of rotatable bonds is 1. The van der Waals surface area contributed by atoms with Crippen LogP contribution in [0.5, 0.6) is 0 Å². The van der Waals surface area contributed by atoms with Crippen LogP contribution in [0, 0.1) is 0 Å². The maximum Gasteiger partial charge on any atom is 0.245 e. The highest BCUT2D eigenvalue weighted by Crippen LogP contribution is 2.41. The SMILES string of the molecule is O=S1(=O)NCN(C2CC2)c2cc(Br)cc(Br)c21. The summed E-state index contributed by atoms with van der Waals surface area (Å²) in [6.45, 7) is 0.364. The summed E-state index contributed by atoms with van der Waals surface area (Å²) in [5.74, 6) is 0. The summed E-state index contributed by atoms with van der Waals surface area (Å²) in [6.07, 6.45) is 2.26. The van der Waals surface area contributed by atoms with Gasteiger partial charge in [0, 0.05) is 15.0 Å². The summed E-state index contributed by atoms with van der Waals surface area (Å²) in [5, 5.41) is 0. The van der Waals surface area contributed by atoms with Crippen LogP contribution in [-0.4, -0.2) is 21.1 Å². The molecule has 1 saturated carbocycles. The average Bonchev–Trinajstić information content (AvgIpc) is 2.99. The van der Waals surface area contributed by atoms with E-state index in [1.54, 1.807) is 6.07 Å². The van der Waals surface area contributed by atoms with Crippen LogP contribution in [0.1, 0.15) is 12.8 Å². The highest BCUT2D eigenvalue weighted by atomic mass is 79.9. The van der Waals surface area contributed by atoms with Gasteiger partial charge in [0.2, 0.25) is 10.0 Å². The first-order valence-corrected chi connectivity index (χ1v) is 8.31. The van der Waals surface area contributed by atoms with Crippen molar-refractivity contribution in [3.05, 3.63) is 21.1 Å². The molecule has 0 aromatic heterocycles. The highest BCUT2D eigenvalue weighted by molar-refractivity contribution is 9.11. The van der Waals surface area contributed by atoms with Gasteiger partial charge in [-0.25, -0.2) is 8.42 Å². The smallest absolute Gasteiger partial charge is 0.245 e. The predicted octanol–water partition coefficient (Wildman–Crippen LogP) is 2.43. The second-order valence-corrected chi connectivity index (χ2v) is 7.72. The van der Waals surface area contributed by atoms with Crippen molar-refractivity contribution in [2.24, 2.45) is 0 Å². The monoisotopic (exact) mass is 380 g/mol. The number of hydrogen-bond acceptors (Lipinski definition) is 3. The van der Waals surface area contributed by atoms with Gasteiger partial charge < -0.3 is 4.90 Å². The summed E-state index contributed by atoms with van der Waals surface area (Å²) >= 11 is 6.73. The number of anilines is 1. The topological polar surface area (TPSA) is 49.4 Å². The van der Waals surface area contributed by atoms with Crippen molar-refractivity contribution in [2.45, 2.75) is 23.8 Å². The molecule has 1 aliphatic heterocycles. The zero-order valence-corrected chi connectivity index (χ0v) is 12.8. The fraction of sp³-hybridized carbons (Fsp3) is 0.400. The molecular formula is C10H10Br2N2O2S. The van der Waals surface area contributed by atoms with Gasteiger partial charge in [-0.1, -0.05) is 15.9 Å². The Labute approximate surface area is 117 Å². The van der Waals surface area contributed by atoms with Crippen molar-refractivity contribution in [3.8, 4) is 0 Å². The number of hydrogen-bond donors (Lipinski definition) is 1. The molecule has 0 saturated heterocycles. The summed E-state index contributed by atoms with van der Waals surface area (Å²) in [7, 11) is -3.39. The van der Waals surface area contributed by atoms with Gasteiger partial charge >= 0.3 is 0 Å². The highest BCUT2D eigenvalue weighted by Gasteiger charge is 2.37. The average molecular weight is 382 g/mol. The molecule has 0 amide bonds. The second kappa shape index (κ2) is 3.94. The zero-order chi connectivity index (χ0) is 12.2. The van der Waals surface area contributed by atoms with E-state index in [1.807, 2.05) is 6.07 Å². The zero-order valence-electron chi connectivity index (χ0n) is 8.78. The number of nitrogens with zero attached hydrogens (tertiary/aromatic N) is 1. The Hall–Kier alpha value is -0.110. The van der Waals surface area contributed by atoms with Gasteiger partial charge in [-0.15, -0.1) is 0 Å². The molecule has 3 rings (SSSR count). The first-order valence-electron chi connectivity index (χ1n) is 5.24. The Morgan fingerprint density at radius 3 is 2.65 bits per heavy atom. The quantitative estimate of drug-likeness (QED) is 0.812. The van der Waals surface area contributed by atoms with Gasteiger partial charge in [0.1, 0.15) is 4.90 Å². The van der Waals surface area contributed by atoms with Crippen molar-refractivity contribution in [2.75, 3.05) is 11.6 Å². The lowest BCUT2D eigenvalue weighted by Crippen LogP contribution is -2.44. The van der Waals surface area contributed by atoms with Crippen molar-refractivity contribution >= 4 is 47.6 Å². The van der Waals surface area contributed by atoms with E-state index in [9.17, 15) is 8.42 Å². The second-order valence-electron chi connectivity index (χ2n) is 4.24. The molecule has 1 aromatic rings. The van der Waals surface area contributed by atoms with E-state index in [-0.39, 0.29) is 0 Å². The number of sulfonamides is 1. The fourth-order valence-corrected chi connectivity index (χ4v) is 5.11. The lowest BCUT2D eigenvalue weighted by Gasteiger charge is -2.32. The molecule has 0 radical (unpaired) electrons. The summed E-state index contributed by atoms with van der Waals surface area (Å²) in [6, 6.07) is 4.10. The lowest BCUT2D eigenvalue weighted by molar-refractivity contribution is 0.569. The van der Waals surface area contributed by atoms with Gasteiger partial charge in [-0.3, -0.25) is 0 Å². The molecule has 1 aromatic carbocycles. The third-order valence-corrected chi connectivity index (χ3v) is 5.80. The third-order valence-electron chi connectivity index (χ3n) is 2.98. The van der Waals surface area contributed by atoms with E-state index in [4.69, 9.17) is 0 Å². The van der Waals surface area contributed by atoms with Gasteiger partial charge in [0.15, 0.2) is 0 Å². The van der Waals surface area contributed by atoms with Crippen LogP contribution in [0.4, 0.5) is 5.69 Å². The molecular weight excluding hydrogens is 372 g/mol. The van der Waals surface area contributed by atoms with Crippen LogP contribution in [0.15, 0.2) is 26.0 Å². The molecule has 0 unspecified atom stereocenters. The Morgan fingerprint density at radius 1 is 1.29 bits per heavy atom. The first kappa shape index (κ1) is 12.0. The molecule has 1 heterocycles. The minimum absolute atomic E-state index is 0.346. The third kappa shape index (κ3) is 2.03. The van der Waals surface area contributed by atoms with E-state index >= 15 is 0 Å². The molecule has 0 bridgehead atoms. The normalized spacial score (nSPS) is 22.4. The van der Waals surface area contributed by atoms with Crippen LogP contribution in [-0.2, 0) is 10.0 Å². The fourth-order valence-electron chi connectivity index (χ4n) is 2.05. The molecule has 4 nitrogen and oxygen atoms in total. The van der Waals surface area contributed by atoms with Gasteiger partial charge in [-0.05, 0) is 40.9 Å². The van der Waals surface area contributed by atoms with Gasteiger partial charge in [-0.2, -0.15) is 4.72 Å². The number of benzene rings is 1. The van der Waals surface area contributed by atoms with Crippen LogP contribution in [0.2, 0.25) is 0 Å². The number of halogens is 2. The minimum atomic E-state index is -3.39. The maximum atomic E-state index is 12.0. The van der Waals surface area contributed by atoms with Crippen LogP contribution >= 0.6 is 31.9 Å². The van der Waals surface area contributed by atoms with Gasteiger partial charge in [0.25, 0.3) is 0 Å². The van der Waals surface area contributed by atoms with E-state index < -0.39 is 10.0 Å². The standard InChI is InChI=1S/C10H10Br2N2O2S/c11-6-3-8(12)10-9(4-6)14(7-1-2-7)5-13-17(10,15)16/h3-4,7,13H,1-2,5H2. The molecule has 1 aliphatic carbocycles. The van der Waals surface area contributed by atoms with Crippen molar-refractivity contribution in [1.82, 2.24) is 4.72 Å². The Kier molecular flexibility index (Phi) is 2.77. The van der Waals surface area contributed by atoms with E-state index in [1.165, 1.54) is 0 Å². The maximum absolute atomic E-state index is 12.0. The predicted molar refractivity (Wildman–Crippen MR) is 72.5 cm³/mol. The summed E-state index contributed by atoms with van der Waals surface area (Å²) < 4.78 is 28.1. The van der Waals surface area contributed by atoms with E-state index in [2.05, 4.69) is 41.5 Å². The van der Waals surface area contributed by atoms with E-state index in [0.29, 0.717) is 22.1 Å². The largest absolute Gasteiger partial charge is 0.354 e. The molecule has 2 aliphatic rings. The molecule has 92 valence electrons. The molecule has 1 fully saturated rings.